The van der Waals surface area contributed by atoms with Crippen LogP contribution in [0.1, 0.15) is 24.8 Å². The molecule has 7 nitrogen and oxygen atoms in total. The van der Waals surface area contributed by atoms with Crippen LogP contribution >= 0.6 is 0 Å². The van der Waals surface area contributed by atoms with Crippen molar-refractivity contribution in [1.82, 2.24) is 15.1 Å². The Bertz CT molecular complexity index is 911. The molecule has 2 aromatic carbocycles. The molecule has 2 heterocycles. The maximum atomic E-state index is 12.7. The summed E-state index contributed by atoms with van der Waals surface area (Å²) in [6.45, 7) is 2.18. The minimum absolute atomic E-state index is 0.0244. The Morgan fingerprint density at radius 1 is 0.935 bits per heavy atom. The molecule has 2 N–H and O–H groups in total. The fraction of sp³-hybridized carbons (Fsp3) is 0.375. The van der Waals surface area contributed by atoms with E-state index in [9.17, 15) is 14.4 Å². The van der Waals surface area contributed by atoms with E-state index in [0.717, 1.165) is 11.3 Å². The Morgan fingerprint density at radius 3 is 2.26 bits per heavy atom. The third kappa shape index (κ3) is 5.42. The number of benzene rings is 2. The van der Waals surface area contributed by atoms with Gasteiger partial charge in [0.2, 0.25) is 11.8 Å². The highest BCUT2D eigenvalue weighted by Crippen LogP contribution is 2.21. The molecule has 1 atom stereocenters. The van der Waals surface area contributed by atoms with Crippen molar-refractivity contribution >= 4 is 23.5 Å². The molecule has 0 aliphatic carbocycles. The first-order chi connectivity index (χ1) is 15.1. The van der Waals surface area contributed by atoms with Crippen LogP contribution in [0.4, 0.5) is 10.5 Å². The predicted octanol–water partition coefficient (Wildman–Crippen LogP) is 2.85. The van der Waals surface area contributed by atoms with Crippen LogP contribution in [0, 0.1) is 5.92 Å². The quantitative estimate of drug-likeness (QED) is 0.780. The number of nitrogens with zero attached hydrogens (tertiary/aromatic N) is 2. The zero-order valence-electron chi connectivity index (χ0n) is 17.5. The van der Waals surface area contributed by atoms with E-state index in [4.69, 9.17) is 0 Å². The molecule has 0 unspecified atom stereocenters. The molecule has 2 aliphatic rings. The van der Waals surface area contributed by atoms with Gasteiger partial charge in [0, 0.05) is 44.3 Å². The van der Waals surface area contributed by atoms with E-state index in [0.29, 0.717) is 39.0 Å². The molecular formula is C24H28N4O3. The smallest absolute Gasteiger partial charge is 0.321 e. The second-order valence-corrected chi connectivity index (χ2v) is 8.23. The van der Waals surface area contributed by atoms with E-state index in [-0.39, 0.29) is 36.2 Å². The fourth-order valence-electron chi connectivity index (χ4n) is 4.17. The monoisotopic (exact) mass is 420 g/mol. The van der Waals surface area contributed by atoms with Crippen molar-refractivity contribution in [2.45, 2.75) is 31.8 Å². The molecule has 162 valence electrons. The lowest BCUT2D eigenvalue weighted by Crippen LogP contribution is -2.49. The lowest BCUT2D eigenvalue weighted by atomic mass is 10.0. The number of rotatable bonds is 5. The highest BCUT2D eigenvalue weighted by atomic mass is 16.2. The third-order valence-electron chi connectivity index (χ3n) is 5.96. The first-order valence-corrected chi connectivity index (χ1v) is 10.8. The largest absolute Gasteiger partial charge is 0.353 e. The van der Waals surface area contributed by atoms with Crippen LogP contribution in [0.3, 0.4) is 0 Å². The van der Waals surface area contributed by atoms with Gasteiger partial charge in [0.25, 0.3) is 0 Å². The number of nitrogens with one attached hydrogen (secondary N) is 2. The zero-order valence-corrected chi connectivity index (χ0v) is 17.5. The maximum Gasteiger partial charge on any atom is 0.321 e. The molecule has 0 radical (unpaired) electrons. The Labute approximate surface area is 182 Å². The molecule has 2 fully saturated rings. The molecule has 2 saturated heterocycles. The maximum absolute atomic E-state index is 12.7. The van der Waals surface area contributed by atoms with Crippen LogP contribution < -0.4 is 10.6 Å². The van der Waals surface area contributed by atoms with E-state index in [1.165, 1.54) is 0 Å². The average molecular weight is 421 g/mol. The van der Waals surface area contributed by atoms with E-state index in [2.05, 4.69) is 10.6 Å². The summed E-state index contributed by atoms with van der Waals surface area (Å²) < 4.78 is 0. The van der Waals surface area contributed by atoms with Crippen LogP contribution in [0.25, 0.3) is 0 Å². The van der Waals surface area contributed by atoms with Crippen molar-refractivity contribution in [2.24, 2.45) is 5.92 Å². The van der Waals surface area contributed by atoms with Crippen LogP contribution in [-0.2, 0) is 16.1 Å². The molecular weight excluding hydrogens is 392 g/mol. The van der Waals surface area contributed by atoms with Crippen LogP contribution in [0.5, 0.6) is 0 Å². The van der Waals surface area contributed by atoms with Crippen molar-refractivity contribution in [3.05, 3.63) is 66.2 Å². The Kier molecular flexibility index (Phi) is 6.50. The lowest BCUT2D eigenvalue weighted by molar-refractivity contribution is -0.129. The molecule has 4 amide bonds. The van der Waals surface area contributed by atoms with Crippen LogP contribution in [0.2, 0.25) is 0 Å². The highest BCUT2D eigenvalue weighted by molar-refractivity contribution is 5.90. The van der Waals surface area contributed by atoms with Gasteiger partial charge in [-0.05, 0) is 30.5 Å². The van der Waals surface area contributed by atoms with Gasteiger partial charge in [-0.3, -0.25) is 9.59 Å². The number of carbonyl (C=O) groups is 3. The number of likely N-dealkylation sites (tertiary alicyclic amines) is 2. The second-order valence-electron chi connectivity index (χ2n) is 8.23. The van der Waals surface area contributed by atoms with E-state index in [1.54, 1.807) is 9.80 Å². The number of hydrogen-bond donors (Lipinski definition) is 2. The summed E-state index contributed by atoms with van der Waals surface area (Å²) in [6.07, 6.45) is 1.68. The summed E-state index contributed by atoms with van der Waals surface area (Å²) in [5.74, 6) is -0.344. The van der Waals surface area contributed by atoms with E-state index in [1.807, 2.05) is 60.7 Å². The summed E-state index contributed by atoms with van der Waals surface area (Å²) in [4.78, 5) is 41.0. The minimum atomic E-state index is -0.310. The summed E-state index contributed by atoms with van der Waals surface area (Å²) >= 11 is 0. The molecule has 2 aliphatic heterocycles. The summed E-state index contributed by atoms with van der Waals surface area (Å²) in [5, 5.41) is 6.00. The standard InChI is InChI=1S/C24H28N4O3/c29-22-15-19(17-28(22)16-18-7-3-1-4-8-18)23(30)25-21-11-13-27(14-12-21)24(31)26-20-9-5-2-6-10-20/h1-10,19,21H,11-17H2,(H,25,30)(H,26,31)/t19-/m1/s1. The Morgan fingerprint density at radius 2 is 1.58 bits per heavy atom. The molecule has 7 heteroatoms. The second kappa shape index (κ2) is 9.64. The van der Waals surface area contributed by atoms with Gasteiger partial charge in [-0.25, -0.2) is 4.79 Å². The van der Waals surface area contributed by atoms with Gasteiger partial charge in [0.1, 0.15) is 0 Å². The number of amides is 4. The summed E-state index contributed by atoms with van der Waals surface area (Å²) in [7, 11) is 0. The Hall–Kier alpha value is -3.35. The predicted molar refractivity (Wildman–Crippen MR) is 118 cm³/mol. The van der Waals surface area contributed by atoms with Gasteiger partial charge >= 0.3 is 6.03 Å². The fourth-order valence-corrected chi connectivity index (χ4v) is 4.17. The molecule has 31 heavy (non-hydrogen) atoms. The lowest BCUT2D eigenvalue weighted by Gasteiger charge is -2.32. The molecule has 0 bridgehead atoms. The Balaban J connectivity index is 1.22. The highest BCUT2D eigenvalue weighted by Gasteiger charge is 2.35. The average Bonchev–Trinajstić information content (AvgIpc) is 3.16. The zero-order chi connectivity index (χ0) is 21.6. The van der Waals surface area contributed by atoms with Crippen LogP contribution in [0.15, 0.2) is 60.7 Å². The van der Waals surface area contributed by atoms with Gasteiger partial charge < -0.3 is 20.4 Å². The van der Waals surface area contributed by atoms with Gasteiger partial charge in [-0.1, -0.05) is 48.5 Å². The number of piperidine rings is 1. The third-order valence-corrected chi connectivity index (χ3v) is 5.96. The van der Waals surface area contributed by atoms with Crippen molar-refractivity contribution in [3.8, 4) is 0 Å². The van der Waals surface area contributed by atoms with Gasteiger partial charge in [0.05, 0.1) is 5.92 Å². The van der Waals surface area contributed by atoms with E-state index >= 15 is 0 Å². The summed E-state index contributed by atoms with van der Waals surface area (Å²) in [6, 6.07) is 19.1. The van der Waals surface area contributed by atoms with Crippen molar-refractivity contribution < 1.29 is 14.4 Å². The number of carbonyl (C=O) groups excluding carboxylic acids is 3. The van der Waals surface area contributed by atoms with E-state index < -0.39 is 0 Å². The van der Waals surface area contributed by atoms with Crippen molar-refractivity contribution in [1.29, 1.82) is 0 Å². The molecule has 0 aromatic heterocycles. The molecule has 0 spiro atoms. The van der Waals surface area contributed by atoms with Crippen molar-refractivity contribution in [2.75, 3.05) is 25.0 Å². The molecule has 4 rings (SSSR count). The first kappa shape index (κ1) is 20.9. The normalized spacial score (nSPS) is 19.4. The van der Waals surface area contributed by atoms with Gasteiger partial charge in [-0.2, -0.15) is 0 Å². The number of para-hydroxylation sites is 1. The van der Waals surface area contributed by atoms with Gasteiger partial charge in [0.15, 0.2) is 0 Å². The number of hydrogen-bond acceptors (Lipinski definition) is 3. The molecule has 0 saturated carbocycles. The number of urea groups is 1. The SMILES string of the molecule is O=C(NC1CCN(C(=O)Nc2ccccc2)CC1)[C@@H]1CC(=O)N(Cc2ccccc2)C1. The van der Waals surface area contributed by atoms with Crippen LogP contribution in [-0.4, -0.2) is 53.3 Å². The number of anilines is 1. The van der Waals surface area contributed by atoms with Gasteiger partial charge in [-0.15, -0.1) is 0 Å². The minimum Gasteiger partial charge on any atom is -0.353 e. The van der Waals surface area contributed by atoms with Crippen molar-refractivity contribution in [3.63, 3.8) is 0 Å². The molecule has 2 aromatic rings. The topological polar surface area (TPSA) is 81.8 Å². The first-order valence-electron chi connectivity index (χ1n) is 10.8. The summed E-state index contributed by atoms with van der Waals surface area (Å²) in [5.41, 5.74) is 1.84.